The number of hydrogen-bond donors (Lipinski definition) is 1. The standard InChI is InChI=1S/C11H14OSe/c1-2-10(8-9-12)13-11-6-4-3-5-7-11/h2-7,12H,8-9H2,1H3/b10-2+. The Morgan fingerprint density at radius 1 is 1.38 bits per heavy atom. The van der Waals surface area contributed by atoms with Crippen LogP contribution in [0.5, 0.6) is 0 Å². The van der Waals surface area contributed by atoms with Crippen molar-refractivity contribution in [3.8, 4) is 0 Å². The Kier molecular flexibility index (Phi) is 4.84. The van der Waals surface area contributed by atoms with Crippen molar-refractivity contribution in [2.45, 2.75) is 13.3 Å². The zero-order valence-corrected chi connectivity index (χ0v) is 9.45. The van der Waals surface area contributed by atoms with Gasteiger partial charge in [-0.05, 0) is 0 Å². The van der Waals surface area contributed by atoms with Crippen LogP contribution in [0.3, 0.4) is 0 Å². The van der Waals surface area contributed by atoms with E-state index in [4.69, 9.17) is 5.11 Å². The van der Waals surface area contributed by atoms with Gasteiger partial charge in [-0.1, -0.05) is 0 Å². The van der Waals surface area contributed by atoms with Crippen LogP contribution in [0.1, 0.15) is 13.3 Å². The average molecular weight is 241 g/mol. The van der Waals surface area contributed by atoms with E-state index in [1.807, 2.05) is 13.0 Å². The van der Waals surface area contributed by atoms with Crippen LogP contribution in [-0.2, 0) is 0 Å². The van der Waals surface area contributed by atoms with Gasteiger partial charge in [0.2, 0.25) is 0 Å². The van der Waals surface area contributed by atoms with Crippen molar-refractivity contribution in [1.82, 2.24) is 0 Å². The van der Waals surface area contributed by atoms with E-state index in [1.54, 1.807) is 0 Å². The topological polar surface area (TPSA) is 20.2 Å². The van der Waals surface area contributed by atoms with Gasteiger partial charge >= 0.3 is 85.4 Å². The van der Waals surface area contributed by atoms with Gasteiger partial charge in [0.25, 0.3) is 0 Å². The monoisotopic (exact) mass is 242 g/mol. The van der Waals surface area contributed by atoms with E-state index in [0.29, 0.717) is 15.0 Å². The Bertz CT molecular complexity index is 267. The van der Waals surface area contributed by atoms with Crippen molar-refractivity contribution in [3.05, 3.63) is 40.9 Å². The maximum atomic E-state index is 8.81. The second-order valence-corrected chi connectivity index (χ2v) is 5.16. The van der Waals surface area contributed by atoms with Crippen LogP contribution in [0.4, 0.5) is 0 Å². The van der Waals surface area contributed by atoms with Crippen LogP contribution in [0.15, 0.2) is 40.9 Å². The number of aliphatic hydroxyl groups is 1. The van der Waals surface area contributed by atoms with E-state index in [9.17, 15) is 0 Å². The second-order valence-electron chi connectivity index (χ2n) is 2.64. The molecule has 1 N–H and O–H groups in total. The van der Waals surface area contributed by atoms with Crippen molar-refractivity contribution >= 4 is 19.4 Å². The van der Waals surface area contributed by atoms with Crippen molar-refractivity contribution in [2.24, 2.45) is 0 Å². The van der Waals surface area contributed by atoms with Crippen LogP contribution in [0, 0.1) is 0 Å². The first-order valence-electron chi connectivity index (χ1n) is 4.35. The van der Waals surface area contributed by atoms with Gasteiger partial charge in [0, 0.05) is 0 Å². The normalized spacial score (nSPS) is 11.7. The minimum absolute atomic E-state index is 0.258. The molecule has 1 nitrogen and oxygen atoms in total. The molecule has 13 heavy (non-hydrogen) atoms. The molecule has 0 amide bonds. The van der Waals surface area contributed by atoms with E-state index in [1.165, 1.54) is 8.93 Å². The molecule has 1 aromatic carbocycles. The van der Waals surface area contributed by atoms with E-state index < -0.39 is 0 Å². The number of rotatable bonds is 4. The average Bonchev–Trinajstić information content (AvgIpc) is 2.19. The summed E-state index contributed by atoms with van der Waals surface area (Å²) in [5.41, 5.74) is 0. The molecule has 0 heterocycles. The van der Waals surface area contributed by atoms with E-state index in [-0.39, 0.29) is 6.61 Å². The molecule has 0 spiro atoms. The second kappa shape index (κ2) is 5.98. The zero-order valence-electron chi connectivity index (χ0n) is 7.73. The Morgan fingerprint density at radius 3 is 2.62 bits per heavy atom. The first-order valence-corrected chi connectivity index (χ1v) is 6.07. The summed E-state index contributed by atoms with van der Waals surface area (Å²) in [6, 6.07) is 10.4. The molecule has 0 saturated heterocycles. The van der Waals surface area contributed by atoms with E-state index in [2.05, 4.69) is 30.3 Å². The quantitative estimate of drug-likeness (QED) is 0.788. The molecule has 0 aromatic heterocycles. The zero-order chi connectivity index (χ0) is 9.52. The van der Waals surface area contributed by atoms with E-state index in [0.717, 1.165) is 6.42 Å². The van der Waals surface area contributed by atoms with Gasteiger partial charge in [0.15, 0.2) is 0 Å². The minimum atomic E-state index is 0.258. The molecule has 0 saturated carbocycles. The van der Waals surface area contributed by atoms with Gasteiger partial charge < -0.3 is 0 Å². The maximum absolute atomic E-state index is 8.81. The summed E-state index contributed by atoms with van der Waals surface area (Å²) in [7, 11) is 0. The number of hydrogen-bond acceptors (Lipinski definition) is 1. The van der Waals surface area contributed by atoms with Crippen molar-refractivity contribution in [1.29, 1.82) is 0 Å². The molecular formula is C11H14OSe. The Morgan fingerprint density at radius 2 is 2.08 bits per heavy atom. The Labute approximate surface area is 85.6 Å². The third-order valence-corrected chi connectivity index (χ3v) is 4.21. The molecule has 0 unspecified atom stereocenters. The summed E-state index contributed by atoms with van der Waals surface area (Å²) < 4.78 is 2.73. The summed E-state index contributed by atoms with van der Waals surface area (Å²) in [6.07, 6.45) is 2.93. The van der Waals surface area contributed by atoms with Crippen LogP contribution in [0.25, 0.3) is 0 Å². The fourth-order valence-electron chi connectivity index (χ4n) is 1.00. The number of allylic oxidation sites excluding steroid dienone is 1. The third kappa shape index (κ3) is 3.77. The van der Waals surface area contributed by atoms with E-state index >= 15 is 0 Å². The molecular weight excluding hydrogens is 227 g/mol. The van der Waals surface area contributed by atoms with Gasteiger partial charge in [-0.25, -0.2) is 0 Å². The van der Waals surface area contributed by atoms with Crippen molar-refractivity contribution in [3.63, 3.8) is 0 Å². The summed E-state index contributed by atoms with van der Waals surface area (Å²) >= 11 is 0.388. The third-order valence-electron chi connectivity index (χ3n) is 1.67. The van der Waals surface area contributed by atoms with Gasteiger partial charge in [-0.3, -0.25) is 0 Å². The summed E-state index contributed by atoms with van der Waals surface area (Å²) in [6.45, 7) is 2.30. The molecule has 0 bridgehead atoms. The summed E-state index contributed by atoms with van der Waals surface area (Å²) in [4.78, 5) is 0. The molecule has 2 heteroatoms. The molecule has 1 rings (SSSR count). The Hall–Kier alpha value is -0.561. The van der Waals surface area contributed by atoms with Crippen LogP contribution in [0.2, 0.25) is 0 Å². The van der Waals surface area contributed by atoms with Crippen LogP contribution >= 0.6 is 0 Å². The molecule has 0 aliphatic rings. The van der Waals surface area contributed by atoms with Crippen molar-refractivity contribution in [2.75, 3.05) is 6.61 Å². The fourth-order valence-corrected chi connectivity index (χ4v) is 2.91. The van der Waals surface area contributed by atoms with Gasteiger partial charge in [-0.15, -0.1) is 0 Å². The van der Waals surface area contributed by atoms with Gasteiger partial charge in [0.05, 0.1) is 0 Å². The van der Waals surface area contributed by atoms with Crippen LogP contribution < -0.4 is 4.46 Å². The first-order chi connectivity index (χ1) is 6.36. The summed E-state index contributed by atoms with van der Waals surface area (Å²) in [5, 5.41) is 8.81. The van der Waals surface area contributed by atoms with Crippen molar-refractivity contribution < 1.29 is 5.11 Å². The molecule has 0 aliphatic heterocycles. The first kappa shape index (κ1) is 10.5. The molecule has 0 atom stereocenters. The fraction of sp³-hybridized carbons (Fsp3) is 0.273. The van der Waals surface area contributed by atoms with Gasteiger partial charge in [-0.2, -0.15) is 0 Å². The predicted octanol–water partition coefficient (Wildman–Crippen LogP) is 1.30. The summed E-state index contributed by atoms with van der Waals surface area (Å²) in [5.74, 6) is 0. The van der Waals surface area contributed by atoms with Gasteiger partial charge in [0.1, 0.15) is 0 Å². The number of aliphatic hydroxyl groups excluding tert-OH is 1. The molecule has 1 aromatic rings. The SMILES string of the molecule is C/C=C(\CCO)[Se]c1ccccc1. The molecule has 70 valence electrons. The predicted molar refractivity (Wildman–Crippen MR) is 57.3 cm³/mol. The number of benzene rings is 1. The molecule has 0 fully saturated rings. The van der Waals surface area contributed by atoms with Crippen LogP contribution in [-0.4, -0.2) is 26.7 Å². The molecule has 0 aliphatic carbocycles. The molecule has 0 radical (unpaired) electrons. The Balaban J connectivity index is 2.58.